The van der Waals surface area contributed by atoms with Gasteiger partial charge in [0.1, 0.15) is 29.7 Å². The number of aromatic nitrogens is 2. The molecule has 0 radical (unpaired) electrons. The topological polar surface area (TPSA) is 125 Å². The zero-order valence-electron chi connectivity index (χ0n) is 6.07. The minimum atomic E-state index is -0.328. The molecular weight excluding hydrogens is 156 g/mol. The first-order chi connectivity index (χ1) is 5.66. The highest BCUT2D eigenvalue weighted by molar-refractivity contribution is 6.14. The second-order valence-electron chi connectivity index (χ2n) is 2.01. The highest BCUT2D eigenvalue weighted by Crippen LogP contribution is 2.13. The van der Waals surface area contributed by atoms with E-state index in [-0.39, 0.29) is 22.9 Å². The van der Waals surface area contributed by atoms with Gasteiger partial charge >= 0.3 is 0 Å². The molecule has 60 valence electrons. The summed E-state index contributed by atoms with van der Waals surface area (Å²) in [4.78, 5) is 7.21. The van der Waals surface area contributed by atoms with Gasteiger partial charge in [-0.15, -0.1) is 0 Å². The predicted molar refractivity (Wildman–Crippen MR) is 43.3 cm³/mol. The van der Waals surface area contributed by atoms with Gasteiger partial charge in [0.25, 0.3) is 0 Å². The van der Waals surface area contributed by atoms with E-state index in [9.17, 15) is 0 Å². The van der Waals surface area contributed by atoms with Crippen molar-refractivity contribution in [3.63, 3.8) is 0 Å². The van der Waals surface area contributed by atoms with Crippen molar-refractivity contribution in [2.45, 2.75) is 0 Å². The largest absolute Gasteiger partial charge is 0.383 e. The molecule has 5 N–H and O–H groups in total. The fourth-order valence-corrected chi connectivity index (χ4v) is 0.726. The van der Waals surface area contributed by atoms with Crippen molar-refractivity contribution in [1.29, 1.82) is 10.7 Å². The van der Waals surface area contributed by atoms with Crippen molar-refractivity contribution in [3.05, 3.63) is 11.9 Å². The molecule has 6 nitrogen and oxygen atoms in total. The molecule has 0 amide bonds. The molecule has 6 heteroatoms. The molecule has 0 unspecified atom stereocenters. The van der Waals surface area contributed by atoms with Gasteiger partial charge in [-0.2, -0.15) is 5.26 Å². The van der Waals surface area contributed by atoms with E-state index in [2.05, 4.69) is 9.97 Å². The van der Waals surface area contributed by atoms with Gasteiger partial charge in [0.2, 0.25) is 0 Å². The van der Waals surface area contributed by atoms with E-state index in [1.165, 1.54) is 6.33 Å². The van der Waals surface area contributed by atoms with Gasteiger partial charge in [-0.1, -0.05) is 0 Å². The van der Waals surface area contributed by atoms with Crippen LogP contribution in [0.1, 0.15) is 5.56 Å². The summed E-state index contributed by atoms with van der Waals surface area (Å²) in [5.41, 5.74) is 10.5. The second kappa shape index (κ2) is 2.84. The lowest BCUT2D eigenvalue weighted by Gasteiger charge is -2.01. The zero-order chi connectivity index (χ0) is 9.14. The fraction of sp³-hybridized carbons (Fsp3) is 0. The van der Waals surface area contributed by atoms with Gasteiger partial charge in [-0.3, -0.25) is 5.41 Å². The summed E-state index contributed by atoms with van der Waals surface area (Å²) in [6, 6.07) is 1.61. The van der Waals surface area contributed by atoms with E-state index in [4.69, 9.17) is 22.1 Å². The van der Waals surface area contributed by atoms with Crippen LogP contribution in [-0.2, 0) is 0 Å². The Morgan fingerprint density at radius 3 is 2.33 bits per heavy atom. The van der Waals surface area contributed by atoms with Crippen LogP contribution in [0.5, 0.6) is 0 Å². The smallest absolute Gasteiger partial charge is 0.146 e. The Balaban J connectivity index is 3.33. The molecule has 0 atom stereocenters. The number of nitrogens with zero attached hydrogens (tertiary/aromatic N) is 3. The standard InChI is InChI=1S/C6H6N6/c7-1-3(8)4-5(9)11-2-12-6(4)10/h2,8H,(H4,9,10,11,12). The summed E-state index contributed by atoms with van der Waals surface area (Å²) in [5, 5.41) is 15.6. The third kappa shape index (κ3) is 1.15. The van der Waals surface area contributed by atoms with Crippen molar-refractivity contribution in [1.82, 2.24) is 9.97 Å². The number of hydrogen-bond acceptors (Lipinski definition) is 6. The first-order valence-electron chi connectivity index (χ1n) is 3.01. The fourth-order valence-electron chi connectivity index (χ4n) is 0.726. The van der Waals surface area contributed by atoms with E-state index in [0.29, 0.717) is 0 Å². The quantitative estimate of drug-likeness (QED) is 0.481. The van der Waals surface area contributed by atoms with Crippen molar-refractivity contribution < 1.29 is 0 Å². The summed E-state index contributed by atoms with van der Waals surface area (Å²) < 4.78 is 0. The molecule has 0 aliphatic rings. The van der Waals surface area contributed by atoms with Gasteiger partial charge < -0.3 is 11.5 Å². The van der Waals surface area contributed by atoms with Gasteiger partial charge in [-0.05, 0) is 0 Å². The maximum Gasteiger partial charge on any atom is 0.146 e. The molecule has 0 spiro atoms. The Labute approximate surface area is 68.4 Å². The van der Waals surface area contributed by atoms with E-state index in [1.807, 2.05) is 0 Å². The van der Waals surface area contributed by atoms with Crippen molar-refractivity contribution >= 4 is 17.3 Å². The lowest BCUT2D eigenvalue weighted by molar-refractivity contribution is 1.17. The summed E-state index contributed by atoms with van der Waals surface area (Å²) in [7, 11) is 0. The average molecular weight is 162 g/mol. The van der Waals surface area contributed by atoms with Gasteiger partial charge in [0.05, 0.1) is 5.56 Å². The first kappa shape index (κ1) is 7.94. The number of rotatable bonds is 1. The SMILES string of the molecule is N#CC(=N)c1c(N)ncnc1N. The van der Waals surface area contributed by atoms with E-state index in [0.717, 1.165) is 0 Å². The van der Waals surface area contributed by atoms with Crippen molar-refractivity contribution in [3.8, 4) is 6.07 Å². The normalized spacial score (nSPS) is 8.92. The maximum absolute atomic E-state index is 8.40. The maximum atomic E-state index is 8.40. The minimum Gasteiger partial charge on any atom is -0.383 e. The first-order valence-corrected chi connectivity index (χ1v) is 3.01. The lowest BCUT2D eigenvalue weighted by Crippen LogP contribution is -2.09. The van der Waals surface area contributed by atoms with Crippen LogP contribution < -0.4 is 11.5 Å². The molecule has 0 aliphatic heterocycles. The van der Waals surface area contributed by atoms with Crippen LogP contribution in [0.15, 0.2) is 6.33 Å². The monoisotopic (exact) mass is 162 g/mol. The van der Waals surface area contributed by atoms with Crippen LogP contribution in [0.4, 0.5) is 11.6 Å². The van der Waals surface area contributed by atoms with E-state index >= 15 is 0 Å². The predicted octanol–water partition coefficient (Wildman–Crippen LogP) is -0.468. The number of nitriles is 1. The third-order valence-corrected chi connectivity index (χ3v) is 1.27. The second-order valence-corrected chi connectivity index (χ2v) is 2.01. The number of anilines is 2. The van der Waals surface area contributed by atoms with Gasteiger partial charge in [0, 0.05) is 0 Å². The Kier molecular flexibility index (Phi) is 1.88. The number of nitrogens with two attached hydrogens (primary N) is 2. The lowest BCUT2D eigenvalue weighted by atomic mass is 10.2. The molecule has 0 aliphatic carbocycles. The molecule has 0 saturated carbocycles. The molecule has 1 heterocycles. The molecule has 0 fully saturated rings. The molecule has 0 aromatic carbocycles. The molecule has 0 saturated heterocycles. The molecule has 1 aromatic rings. The number of nitrogen functional groups attached to an aromatic ring is 2. The van der Waals surface area contributed by atoms with Crippen LogP contribution in [0.2, 0.25) is 0 Å². The van der Waals surface area contributed by atoms with Crippen LogP contribution in [-0.4, -0.2) is 15.7 Å². The van der Waals surface area contributed by atoms with Crippen molar-refractivity contribution in [2.24, 2.45) is 0 Å². The van der Waals surface area contributed by atoms with Gasteiger partial charge in [-0.25, -0.2) is 9.97 Å². The Bertz CT molecular complexity index is 343. The van der Waals surface area contributed by atoms with Crippen molar-refractivity contribution in [2.75, 3.05) is 11.5 Å². The van der Waals surface area contributed by atoms with E-state index < -0.39 is 0 Å². The van der Waals surface area contributed by atoms with Crippen LogP contribution in [0.3, 0.4) is 0 Å². The minimum absolute atomic E-state index is 0.0500. The Morgan fingerprint density at radius 2 is 1.92 bits per heavy atom. The average Bonchev–Trinajstić information content (AvgIpc) is 2.03. The summed E-state index contributed by atoms with van der Waals surface area (Å²) in [6.45, 7) is 0. The zero-order valence-corrected chi connectivity index (χ0v) is 6.07. The van der Waals surface area contributed by atoms with Crippen LogP contribution >= 0.6 is 0 Å². The Hall–Kier alpha value is -2.16. The summed E-state index contributed by atoms with van der Waals surface area (Å²) in [5.74, 6) is 0.100. The molecule has 0 bridgehead atoms. The highest BCUT2D eigenvalue weighted by Gasteiger charge is 2.10. The van der Waals surface area contributed by atoms with Gasteiger partial charge in [0.15, 0.2) is 0 Å². The van der Waals surface area contributed by atoms with Crippen LogP contribution in [0, 0.1) is 16.7 Å². The molecule has 1 rings (SSSR count). The van der Waals surface area contributed by atoms with E-state index in [1.54, 1.807) is 6.07 Å². The molecule has 12 heavy (non-hydrogen) atoms. The number of nitrogens with one attached hydrogen (secondary N) is 1. The van der Waals surface area contributed by atoms with Crippen LogP contribution in [0.25, 0.3) is 0 Å². The Morgan fingerprint density at radius 1 is 1.42 bits per heavy atom. The number of hydrogen-bond donors (Lipinski definition) is 3. The molecular formula is C6H6N6. The summed E-state index contributed by atoms with van der Waals surface area (Å²) >= 11 is 0. The summed E-state index contributed by atoms with van der Waals surface area (Å²) in [6.07, 6.45) is 1.18. The molecule has 1 aromatic heterocycles. The third-order valence-electron chi connectivity index (χ3n) is 1.27. The highest BCUT2D eigenvalue weighted by atomic mass is 15.0.